The van der Waals surface area contributed by atoms with Crippen molar-refractivity contribution >= 4 is 34.7 Å². The number of hydrogen-bond acceptors (Lipinski definition) is 7. The zero-order valence-corrected chi connectivity index (χ0v) is 31.6. The van der Waals surface area contributed by atoms with E-state index in [4.69, 9.17) is 14.5 Å². The molecule has 1 aliphatic heterocycles. The van der Waals surface area contributed by atoms with Gasteiger partial charge in [0, 0.05) is 42.0 Å². The van der Waals surface area contributed by atoms with Gasteiger partial charge in [-0.1, -0.05) is 74.9 Å². The third-order valence-electron chi connectivity index (χ3n) is 12.2. The van der Waals surface area contributed by atoms with Crippen molar-refractivity contribution in [2.75, 3.05) is 20.2 Å². The number of benzene rings is 2. The maximum absolute atomic E-state index is 14.4. The minimum absolute atomic E-state index is 0.0299. The average molecular weight is 752 g/mol. The first kappa shape index (κ1) is 38.2. The highest BCUT2D eigenvalue weighted by Gasteiger charge is 2.61. The molecule has 1 aromatic heterocycles. The Labute approximate surface area is 322 Å². The average Bonchev–Trinajstić information content (AvgIpc) is 3.78. The molecule has 4 aliphatic rings. The summed E-state index contributed by atoms with van der Waals surface area (Å²) in [6.45, 7) is 4.37. The van der Waals surface area contributed by atoms with E-state index in [2.05, 4.69) is 22.5 Å². The van der Waals surface area contributed by atoms with Crippen molar-refractivity contribution in [2.24, 2.45) is 17.8 Å². The normalized spacial score (nSPS) is 24.7. The van der Waals surface area contributed by atoms with Crippen LogP contribution in [0.4, 0.5) is 4.79 Å². The summed E-state index contributed by atoms with van der Waals surface area (Å²) >= 11 is 0. The third-order valence-corrected chi connectivity index (χ3v) is 12.2. The SMILES string of the molecule is C=C[C@@H]1C[C@]1(NC(=O)[C@@H]1C[C@@H](Oc2cc(-c3ccccc3)nc3cc(OC)ccc23)CN1C(=O)NC(C(=O)NCC1CCCCC1)C1CCCCC1)C(=O)O. The highest BCUT2D eigenvalue weighted by Crippen LogP contribution is 2.45. The van der Waals surface area contributed by atoms with Gasteiger partial charge >= 0.3 is 12.0 Å². The molecule has 292 valence electrons. The van der Waals surface area contributed by atoms with Gasteiger partial charge in [0.25, 0.3) is 0 Å². The zero-order chi connectivity index (χ0) is 38.5. The molecule has 1 unspecified atom stereocenters. The van der Waals surface area contributed by atoms with Crippen molar-refractivity contribution in [3.8, 4) is 22.8 Å². The second-order valence-electron chi connectivity index (χ2n) is 15.8. The number of urea groups is 1. The molecule has 5 atom stereocenters. The maximum atomic E-state index is 14.4. The van der Waals surface area contributed by atoms with Crippen LogP contribution in [0.1, 0.15) is 77.0 Å². The summed E-state index contributed by atoms with van der Waals surface area (Å²) < 4.78 is 12.2. The monoisotopic (exact) mass is 751 g/mol. The quantitative estimate of drug-likeness (QED) is 0.150. The summed E-state index contributed by atoms with van der Waals surface area (Å²) in [6, 6.07) is 14.7. The van der Waals surface area contributed by atoms with Gasteiger partial charge in [-0.2, -0.15) is 0 Å². The maximum Gasteiger partial charge on any atom is 0.330 e. The molecule has 3 aliphatic carbocycles. The number of rotatable bonds is 13. The van der Waals surface area contributed by atoms with E-state index in [0.717, 1.165) is 55.9 Å². The van der Waals surface area contributed by atoms with Crippen LogP contribution >= 0.6 is 0 Å². The fourth-order valence-corrected chi connectivity index (χ4v) is 8.84. The Morgan fingerprint density at radius 2 is 1.73 bits per heavy atom. The number of carbonyl (C=O) groups is 4. The molecular formula is C43H53N5O7. The summed E-state index contributed by atoms with van der Waals surface area (Å²) in [5, 5.41) is 19.8. The van der Waals surface area contributed by atoms with Crippen molar-refractivity contribution in [3.63, 3.8) is 0 Å². The molecule has 4 fully saturated rings. The number of carboxylic acid groups (broad SMARTS) is 1. The Bertz CT molecular complexity index is 1890. The Kier molecular flexibility index (Phi) is 11.6. The lowest BCUT2D eigenvalue weighted by atomic mass is 9.83. The Hall–Kier alpha value is -5.13. The highest BCUT2D eigenvalue weighted by atomic mass is 16.5. The number of fused-ring (bicyclic) bond motifs is 1. The zero-order valence-electron chi connectivity index (χ0n) is 31.6. The van der Waals surface area contributed by atoms with Crippen LogP contribution in [-0.2, 0) is 14.4 Å². The van der Waals surface area contributed by atoms with E-state index in [0.29, 0.717) is 35.2 Å². The Balaban J connectivity index is 1.16. The minimum atomic E-state index is -1.48. The lowest BCUT2D eigenvalue weighted by molar-refractivity contribution is -0.144. The topological polar surface area (TPSA) is 159 Å². The van der Waals surface area contributed by atoms with Crippen LogP contribution in [0.25, 0.3) is 22.2 Å². The first-order valence-corrected chi connectivity index (χ1v) is 19.9. The lowest BCUT2D eigenvalue weighted by Crippen LogP contribution is -2.58. The summed E-state index contributed by atoms with van der Waals surface area (Å²) in [7, 11) is 1.59. The minimum Gasteiger partial charge on any atom is -0.497 e. The van der Waals surface area contributed by atoms with Gasteiger partial charge in [-0.15, -0.1) is 6.58 Å². The van der Waals surface area contributed by atoms with Gasteiger partial charge in [0.15, 0.2) is 0 Å². The number of aromatic nitrogens is 1. The van der Waals surface area contributed by atoms with Crippen LogP contribution in [-0.4, -0.2) is 82.7 Å². The van der Waals surface area contributed by atoms with E-state index in [-0.39, 0.29) is 31.2 Å². The van der Waals surface area contributed by atoms with Crippen LogP contribution in [0.5, 0.6) is 11.5 Å². The molecule has 7 rings (SSSR count). The van der Waals surface area contributed by atoms with E-state index in [9.17, 15) is 24.3 Å². The molecule has 4 amide bonds. The molecule has 4 N–H and O–H groups in total. The molecule has 0 radical (unpaired) electrons. The molecule has 3 aromatic rings. The second kappa shape index (κ2) is 16.7. The number of carboxylic acids is 1. The highest BCUT2D eigenvalue weighted by molar-refractivity contribution is 5.95. The Morgan fingerprint density at radius 3 is 2.40 bits per heavy atom. The van der Waals surface area contributed by atoms with Gasteiger partial charge in [-0.3, -0.25) is 9.59 Å². The predicted molar refractivity (Wildman–Crippen MR) is 209 cm³/mol. The number of ether oxygens (including phenoxy) is 2. The molecule has 3 saturated carbocycles. The number of carbonyl (C=O) groups excluding carboxylic acids is 3. The number of likely N-dealkylation sites (tertiary alicyclic amines) is 1. The van der Waals surface area contributed by atoms with Gasteiger partial charge < -0.3 is 35.4 Å². The number of amides is 4. The third kappa shape index (κ3) is 8.43. The van der Waals surface area contributed by atoms with Crippen molar-refractivity contribution in [2.45, 2.75) is 101 Å². The van der Waals surface area contributed by atoms with Gasteiger partial charge in [0.1, 0.15) is 35.2 Å². The van der Waals surface area contributed by atoms with E-state index < -0.39 is 47.6 Å². The molecule has 12 heteroatoms. The molecule has 12 nitrogen and oxygen atoms in total. The number of pyridine rings is 1. The number of nitrogens with zero attached hydrogens (tertiary/aromatic N) is 2. The fourth-order valence-electron chi connectivity index (χ4n) is 8.84. The summed E-state index contributed by atoms with van der Waals surface area (Å²) in [6.07, 6.45) is 11.7. The van der Waals surface area contributed by atoms with Gasteiger partial charge in [0.2, 0.25) is 11.8 Å². The molecule has 2 aromatic carbocycles. The summed E-state index contributed by atoms with van der Waals surface area (Å²) in [4.78, 5) is 61.1. The van der Waals surface area contributed by atoms with E-state index in [1.807, 2.05) is 54.6 Å². The predicted octanol–water partition coefficient (Wildman–Crippen LogP) is 6.23. The number of aliphatic carboxylic acids is 1. The largest absolute Gasteiger partial charge is 0.497 e. The van der Waals surface area contributed by atoms with Crippen LogP contribution in [0.15, 0.2) is 67.3 Å². The van der Waals surface area contributed by atoms with Crippen molar-refractivity contribution in [3.05, 3.63) is 67.3 Å². The smallest absolute Gasteiger partial charge is 0.330 e. The van der Waals surface area contributed by atoms with Crippen molar-refractivity contribution in [1.82, 2.24) is 25.8 Å². The summed E-state index contributed by atoms with van der Waals surface area (Å²) in [5.74, 6) is -0.788. The molecule has 0 spiro atoms. The number of methoxy groups -OCH3 is 1. The van der Waals surface area contributed by atoms with Gasteiger partial charge in [-0.05, 0) is 56.1 Å². The molecule has 1 saturated heterocycles. The van der Waals surface area contributed by atoms with Crippen LogP contribution in [0.2, 0.25) is 0 Å². The standard InChI is InChI=1S/C43H53N5O7/c1-3-30-24-43(30,41(51)52)47-39(49)36-22-32(55-37-23-34(28-15-9-5-10-16-28)45-35-21-31(54-2)19-20-33(35)37)26-48(36)42(53)46-38(29-17-11-6-12-18-29)40(50)44-25-27-13-7-4-8-14-27/h3,5,9-10,15-16,19-21,23,27,29-30,32,36,38H,1,4,6-8,11-14,17-18,22,24-26H2,2H3,(H,44,50)(H,46,53)(H,47,49)(H,51,52)/t30-,32-,36+,38?,43-/m1/s1. The molecule has 0 bridgehead atoms. The first-order chi connectivity index (χ1) is 26.7. The number of hydrogen-bond donors (Lipinski definition) is 4. The molecule has 2 heterocycles. The second-order valence-corrected chi connectivity index (χ2v) is 15.8. The molecule has 55 heavy (non-hydrogen) atoms. The van der Waals surface area contributed by atoms with E-state index >= 15 is 0 Å². The lowest BCUT2D eigenvalue weighted by Gasteiger charge is -2.33. The van der Waals surface area contributed by atoms with Gasteiger partial charge in [0.05, 0.1) is 24.9 Å². The van der Waals surface area contributed by atoms with Crippen molar-refractivity contribution in [1.29, 1.82) is 0 Å². The van der Waals surface area contributed by atoms with Gasteiger partial charge in [-0.25, -0.2) is 14.6 Å². The van der Waals surface area contributed by atoms with E-state index in [1.54, 1.807) is 7.11 Å². The van der Waals surface area contributed by atoms with Crippen LogP contribution in [0, 0.1) is 17.8 Å². The first-order valence-electron chi connectivity index (χ1n) is 19.9. The molecular weight excluding hydrogens is 699 g/mol. The van der Waals surface area contributed by atoms with Crippen LogP contribution < -0.4 is 25.4 Å². The number of nitrogens with one attached hydrogen (secondary N) is 3. The van der Waals surface area contributed by atoms with Crippen molar-refractivity contribution < 1.29 is 33.8 Å². The van der Waals surface area contributed by atoms with Crippen LogP contribution in [0.3, 0.4) is 0 Å². The Morgan fingerprint density at radius 1 is 1.00 bits per heavy atom. The van der Waals surface area contributed by atoms with E-state index in [1.165, 1.54) is 30.2 Å². The fraction of sp³-hybridized carbons (Fsp3) is 0.512. The summed E-state index contributed by atoms with van der Waals surface area (Å²) in [5.41, 5.74) is 0.742.